The number of carboxylic acids is 1. The minimum absolute atomic E-state index is 1.66. The molecule has 132 valence electrons. The molecule has 0 aromatic heterocycles. The molecule has 1 atom stereocenters. The van der Waals surface area contributed by atoms with Gasteiger partial charge in [-0.15, -0.1) is 0 Å². The quantitative estimate of drug-likeness (QED) is 0.704. The summed E-state index contributed by atoms with van der Waals surface area (Å²) in [6.07, 6.45) is -16.7. The molecular weight excluding hydrogens is 356 g/mol. The van der Waals surface area contributed by atoms with Crippen molar-refractivity contribution in [3.63, 3.8) is 0 Å². The fraction of sp³-hybridized carbons (Fsp3) is 0.889. The van der Waals surface area contributed by atoms with E-state index in [1.54, 1.807) is 0 Å². The first-order chi connectivity index (χ1) is 9.50. The molecule has 0 saturated heterocycles. The molecule has 0 aliphatic rings. The van der Waals surface area contributed by atoms with Gasteiger partial charge in [0.15, 0.2) is 15.1 Å². The van der Waals surface area contributed by atoms with E-state index in [0.717, 1.165) is 0 Å². The molecule has 0 amide bonds. The normalized spacial score (nSPS) is 15.6. The van der Waals surface area contributed by atoms with E-state index < -0.39 is 64.3 Å². The number of carbonyl (C=O) groups is 1. The average molecular weight is 366 g/mol. The van der Waals surface area contributed by atoms with Crippen LogP contribution in [0.15, 0.2) is 0 Å². The van der Waals surface area contributed by atoms with E-state index in [1.807, 2.05) is 0 Å². The maximum Gasteiger partial charge on any atom is 0.453 e. The number of aliphatic carboxylic acids is 1. The summed E-state index contributed by atoms with van der Waals surface area (Å²) in [6, 6.07) is 0. The minimum atomic E-state index is -6.02. The highest BCUT2D eigenvalue weighted by Crippen LogP contribution is 2.39. The first-order valence-corrected chi connectivity index (χ1v) is 7.17. The molecule has 1 N–H and O–H groups in total. The van der Waals surface area contributed by atoms with Crippen LogP contribution in [0, 0.1) is 0 Å². The maximum absolute atomic E-state index is 12.6. The van der Waals surface area contributed by atoms with E-state index in [0.29, 0.717) is 0 Å². The van der Waals surface area contributed by atoms with Gasteiger partial charge < -0.3 is 5.11 Å². The van der Waals surface area contributed by atoms with Gasteiger partial charge in [0.1, 0.15) is 0 Å². The monoisotopic (exact) mass is 366 g/mol. The third-order valence-electron chi connectivity index (χ3n) is 2.51. The molecule has 0 fully saturated rings. The van der Waals surface area contributed by atoms with Crippen LogP contribution in [0.25, 0.3) is 0 Å². The smallest absolute Gasteiger partial charge is 0.453 e. The first kappa shape index (κ1) is 20.9. The lowest BCUT2D eigenvalue weighted by molar-refractivity contribution is -0.284. The van der Waals surface area contributed by atoms with Crippen LogP contribution >= 0.6 is 0 Å². The van der Waals surface area contributed by atoms with Gasteiger partial charge in [-0.3, -0.25) is 4.79 Å². The standard InChI is InChI=1S/C9H10F8O4S/c10-7(11,9(15,16)17)2-1-5(6(18)19)22(20,21)4-3-8(12,13)14/h5H,1-4H2,(H,18,19). The molecule has 13 heteroatoms. The van der Waals surface area contributed by atoms with Crippen molar-refractivity contribution in [3.05, 3.63) is 0 Å². The summed E-state index contributed by atoms with van der Waals surface area (Å²) < 4.78 is 119. The summed E-state index contributed by atoms with van der Waals surface area (Å²) in [5.74, 6) is -9.36. The predicted molar refractivity (Wildman–Crippen MR) is 56.1 cm³/mol. The lowest BCUT2D eigenvalue weighted by Crippen LogP contribution is -2.40. The van der Waals surface area contributed by atoms with Crippen LogP contribution < -0.4 is 0 Å². The van der Waals surface area contributed by atoms with Crippen molar-refractivity contribution in [3.8, 4) is 0 Å². The second kappa shape index (κ2) is 6.54. The third kappa shape index (κ3) is 6.32. The van der Waals surface area contributed by atoms with Gasteiger partial charge in [-0.1, -0.05) is 0 Å². The first-order valence-electron chi connectivity index (χ1n) is 5.45. The molecule has 0 rings (SSSR count). The van der Waals surface area contributed by atoms with Crippen molar-refractivity contribution in [2.24, 2.45) is 0 Å². The number of hydrogen-bond donors (Lipinski definition) is 1. The predicted octanol–water partition coefficient (Wildman–Crippen LogP) is 2.78. The summed E-state index contributed by atoms with van der Waals surface area (Å²) in [4.78, 5) is 10.7. The molecule has 0 aliphatic carbocycles. The fourth-order valence-electron chi connectivity index (χ4n) is 1.31. The molecular formula is C9H10F8O4S. The summed E-state index contributed by atoms with van der Waals surface area (Å²) >= 11 is 0. The Morgan fingerprint density at radius 1 is 0.955 bits per heavy atom. The van der Waals surface area contributed by atoms with E-state index >= 15 is 0 Å². The van der Waals surface area contributed by atoms with E-state index in [9.17, 15) is 48.3 Å². The Balaban J connectivity index is 5.07. The zero-order valence-corrected chi connectivity index (χ0v) is 11.3. The van der Waals surface area contributed by atoms with Crippen LogP contribution in [0.5, 0.6) is 0 Å². The largest absolute Gasteiger partial charge is 0.480 e. The second-order valence-corrected chi connectivity index (χ2v) is 6.60. The second-order valence-electron chi connectivity index (χ2n) is 4.30. The highest BCUT2D eigenvalue weighted by Gasteiger charge is 2.57. The van der Waals surface area contributed by atoms with Crippen molar-refractivity contribution in [1.82, 2.24) is 0 Å². The van der Waals surface area contributed by atoms with Crippen LogP contribution in [0.3, 0.4) is 0 Å². The zero-order valence-electron chi connectivity index (χ0n) is 10.5. The van der Waals surface area contributed by atoms with Gasteiger partial charge >= 0.3 is 24.2 Å². The van der Waals surface area contributed by atoms with E-state index in [2.05, 4.69) is 0 Å². The molecule has 0 aliphatic heterocycles. The van der Waals surface area contributed by atoms with Crippen molar-refractivity contribution in [2.45, 2.75) is 42.8 Å². The Morgan fingerprint density at radius 3 is 1.73 bits per heavy atom. The van der Waals surface area contributed by atoms with Gasteiger partial charge in [-0.25, -0.2) is 8.42 Å². The van der Waals surface area contributed by atoms with Gasteiger partial charge in [0.05, 0.1) is 12.2 Å². The van der Waals surface area contributed by atoms with Gasteiger partial charge in [0.25, 0.3) is 0 Å². The van der Waals surface area contributed by atoms with Crippen molar-refractivity contribution in [2.75, 3.05) is 5.75 Å². The topological polar surface area (TPSA) is 71.4 Å². The van der Waals surface area contributed by atoms with Crippen molar-refractivity contribution >= 4 is 15.8 Å². The molecule has 0 aromatic rings. The molecule has 0 aromatic carbocycles. The Labute approximate surface area is 119 Å². The number of hydrogen-bond acceptors (Lipinski definition) is 3. The lowest BCUT2D eigenvalue weighted by Gasteiger charge is -2.21. The summed E-state index contributed by atoms with van der Waals surface area (Å²) in [7, 11) is -5.04. The SMILES string of the molecule is O=C(O)C(CCC(F)(F)C(F)(F)F)S(=O)(=O)CCC(F)(F)F. The molecule has 0 saturated carbocycles. The van der Waals surface area contributed by atoms with Gasteiger partial charge in [0, 0.05) is 6.42 Å². The molecule has 4 nitrogen and oxygen atoms in total. The summed E-state index contributed by atoms with van der Waals surface area (Å²) in [5.41, 5.74) is 0. The molecule has 0 spiro atoms. The number of alkyl halides is 8. The van der Waals surface area contributed by atoms with E-state index in [1.165, 1.54) is 0 Å². The minimum Gasteiger partial charge on any atom is -0.480 e. The number of carboxylic acid groups (broad SMARTS) is 1. The lowest BCUT2D eigenvalue weighted by atomic mass is 10.1. The van der Waals surface area contributed by atoms with Gasteiger partial charge in [0.2, 0.25) is 0 Å². The number of rotatable bonds is 7. The van der Waals surface area contributed by atoms with Crippen molar-refractivity contribution in [1.29, 1.82) is 0 Å². The maximum atomic E-state index is 12.6. The Kier molecular flexibility index (Phi) is 6.20. The van der Waals surface area contributed by atoms with E-state index in [-0.39, 0.29) is 0 Å². The Hall–Kier alpha value is -1.14. The van der Waals surface area contributed by atoms with Crippen LogP contribution in [0.4, 0.5) is 35.1 Å². The van der Waals surface area contributed by atoms with Gasteiger partial charge in [-0.05, 0) is 6.42 Å². The Morgan fingerprint density at radius 2 is 1.41 bits per heavy atom. The van der Waals surface area contributed by atoms with E-state index in [4.69, 9.17) is 5.11 Å². The highest BCUT2D eigenvalue weighted by molar-refractivity contribution is 7.92. The fourth-order valence-corrected chi connectivity index (χ4v) is 2.90. The third-order valence-corrected chi connectivity index (χ3v) is 4.59. The molecule has 0 bridgehead atoms. The molecule has 0 radical (unpaired) electrons. The Bertz CT molecular complexity index is 493. The zero-order chi connectivity index (χ0) is 18.0. The van der Waals surface area contributed by atoms with Crippen molar-refractivity contribution < 1.29 is 53.4 Å². The van der Waals surface area contributed by atoms with Crippen LogP contribution in [0.2, 0.25) is 0 Å². The van der Waals surface area contributed by atoms with Crippen LogP contribution in [0.1, 0.15) is 19.3 Å². The number of sulfone groups is 1. The molecule has 0 heterocycles. The summed E-state index contributed by atoms with van der Waals surface area (Å²) in [5, 5.41) is 5.78. The highest BCUT2D eigenvalue weighted by atomic mass is 32.2. The van der Waals surface area contributed by atoms with Crippen LogP contribution in [-0.4, -0.2) is 48.8 Å². The molecule has 1 unspecified atom stereocenters. The average Bonchev–Trinajstić information content (AvgIpc) is 2.23. The number of halogens is 8. The molecule has 22 heavy (non-hydrogen) atoms. The summed E-state index contributed by atoms with van der Waals surface area (Å²) in [6.45, 7) is 0. The van der Waals surface area contributed by atoms with Crippen LogP contribution in [-0.2, 0) is 14.6 Å². The van der Waals surface area contributed by atoms with Gasteiger partial charge in [-0.2, -0.15) is 35.1 Å².